The molecule has 1 saturated heterocycles. The van der Waals surface area contributed by atoms with E-state index in [4.69, 9.17) is 9.47 Å². The molecule has 1 heterocycles. The highest BCUT2D eigenvalue weighted by molar-refractivity contribution is 5.97. The Morgan fingerprint density at radius 3 is 2.46 bits per heavy atom. The van der Waals surface area contributed by atoms with E-state index in [9.17, 15) is 24.5 Å². The largest absolute Gasteiger partial charge is 0.452 e. The van der Waals surface area contributed by atoms with Gasteiger partial charge in [0.25, 0.3) is 11.6 Å². The third-order valence-electron chi connectivity index (χ3n) is 5.48. The zero-order valence-corrected chi connectivity index (χ0v) is 19.4. The summed E-state index contributed by atoms with van der Waals surface area (Å²) in [6.45, 7) is 2.81. The number of ether oxygens (including phenoxy) is 2. The molecule has 0 aromatic heterocycles. The average molecular weight is 485 g/mol. The first-order valence-corrected chi connectivity index (χ1v) is 11.3. The maximum Gasteiger partial charge on any atom is 0.409 e. The first-order valence-electron chi connectivity index (χ1n) is 11.3. The molecule has 0 unspecified atom stereocenters. The van der Waals surface area contributed by atoms with Gasteiger partial charge in [-0.3, -0.25) is 14.9 Å². The Morgan fingerprint density at radius 2 is 1.80 bits per heavy atom. The van der Waals surface area contributed by atoms with Crippen molar-refractivity contribution in [2.45, 2.75) is 32.4 Å². The Bertz CT molecular complexity index is 1050. The maximum atomic E-state index is 12.7. The Balaban J connectivity index is 1.55. The molecule has 2 aromatic carbocycles. The minimum absolute atomic E-state index is 0.0364. The summed E-state index contributed by atoms with van der Waals surface area (Å²) in [6, 6.07) is 13.1. The fraction of sp³-hybridized carbons (Fsp3) is 0.375. The Labute approximate surface area is 202 Å². The van der Waals surface area contributed by atoms with Gasteiger partial charge in [-0.05, 0) is 31.4 Å². The van der Waals surface area contributed by atoms with Crippen molar-refractivity contribution in [1.29, 1.82) is 0 Å². The molecule has 0 atom stereocenters. The van der Waals surface area contributed by atoms with Crippen LogP contribution in [0.15, 0.2) is 48.5 Å². The summed E-state index contributed by atoms with van der Waals surface area (Å²) in [7, 11) is 0. The normalized spacial score (nSPS) is 13.6. The summed E-state index contributed by atoms with van der Waals surface area (Å²) in [5.74, 6) is -1.34. The molecule has 0 radical (unpaired) electrons. The van der Waals surface area contributed by atoms with Crippen molar-refractivity contribution in [3.63, 3.8) is 0 Å². The summed E-state index contributed by atoms with van der Waals surface area (Å²) in [6.07, 6.45) is 0.730. The van der Waals surface area contributed by atoms with Crippen LogP contribution in [0.1, 0.15) is 35.7 Å². The van der Waals surface area contributed by atoms with Gasteiger partial charge in [-0.15, -0.1) is 0 Å². The number of rotatable bonds is 9. The number of nitrogens with one attached hydrogen (secondary N) is 2. The Kier molecular flexibility index (Phi) is 8.99. The molecular formula is C24H28N4O7. The van der Waals surface area contributed by atoms with Gasteiger partial charge in [0.15, 0.2) is 6.61 Å². The summed E-state index contributed by atoms with van der Waals surface area (Å²) < 4.78 is 10.1. The lowest BCUT2D eigenvalue weighted by molar-refractivity contribution is -0.384. The minimum atomic E-state index is -0.850. The van der Waals surface area contributed by atoms with Gasteiger partial charge in [0.1, 0.15) is 0 Å². The van der Waals surface area contributed by atoms with Crippen molar-refractivity contribution < 1.29 is 28.8 Å². The van der Waals surface area contributed by atoms with Crippen LogP contribution in [0.3, 0.4) is 0 Å². The van der Waals surface area contributed by atoms with Crippen molar-refractivity contribution in [3.8, 4) is 0 Å². The highest BCUT2D eigenvalue weighted by Gasteiger charge is 2.25. The summed E-state index contributed by atoms with van der Waals surface area (Å²) in [4.78, 5) is 49.0. The lowest BCUT2D eigenvalue weighted by atomic mass is 10.1. The number of nitrogens with zero attached hydrogens (tertiary/aromatic N) is 2. The monoisotopic (exact) mass is 484 g/mol. The number of hydrogen-bond acceptors (Lipinski definition) is 8. The number of hydrogen-bond donors (Lipinski definition) is 2. The molecule has 0 aliphatic carbocycles. The first kappa shape index (κ1) is 25.5. The van der Waals surface area contributed by atoms with Crippen LogP contribution in [0.4, 0.5) is 16.2 Å². The number of nitro benzene ring substituents is 1. The van der Waals surface area contributed by atoms with E-state index in [-0.39, 0.29) is 23.4 Å². The molecule has 0 saturated carbocycles. The lowest BCUT2D eigenvalue weighted by Gasteiger charge is -2.31. The topological polar surface area (TPSA) is 140 Å². The van der Waals surface area contributed by atoms with Gasteiger partial charge >= 0.3 is 12.1 Å². The number of likely N-dealkylation sites (tertiary alicyclic amines) is 1. The molecule has 2 amide bonds. The fourth-order valence-electron chi connectivity index (χ4n) is 3.66. The predicted molar refractivity (Wildman–Crippen MR) is 127 cm³/mol. The van der Waals surface area contributed by atoms with Crippen molar-refractivity contribution in [2.24, 2.45) is 0 Å². The molecular weight excluding hydrogens is 456 g/mol. The second kappa shape index (κ2) is 12.4. The van der Waals surface area contributed by atoms with Crippen molar-refractivity contribution in [1.82, 2.24) is 10.2 Å². The second-order valence-corrected chi connectivity index (χ2v) is 7.93. The van der Waals surface area contributed by atoms with Gasteiger partial charge in [0, 0.05) is 43.5 Å². The number of nitro groups is 1. The molecule has 186 valence electrons. The molecule has 1 fully saturated rings. The van der Waals surface area contributed by atoms with Gasteiger partial charge in [-0.2, -0.15) is 0 Å². The van der Waals surface area contributed by atoms with Crippen LogP contribution in [0.25, 0.3) is 0 Å². The van der Waals surface area contributed by atoms with Crippen molar-refractivity contribution >= 4 is 29.3 Å². The van der Waals surface area contributed by atoms with E-state index in [0.29, 0.717) is 44.8 Å². The van der Waals surface area contributed by atoms with E-state index in [0.717, 1.165) is 11.6 Å². The van der Waals surface area contributed by atoms with E-state index in [1.54, 1.807) is 11.8 Å². The average Bonchev–Trinajstić information content (AvgIpc) is 2.87. The Hall–Kier alpha value is -4.15. The number of carbonyl (C=O) groups excluding carboxylic acids is 3. The molecule has 35 heavy (non-hydrogen) atoms. The first-order chi connectivity index (χ1) is 16.9. The SMILES string of the molecule is CCOC(=O)N1CCC(NC(=O)COC(=O)c2cc([N+](=O)[O-])ccc2NCc2ccccc2)CC1. The number of piperidine rings is 1. The molecule has 0 bridgehead atoms. The zero-order chi connectivity index (χ0) is 25.2. The lowest BCUT2D eigenvalue weighted by Crippen LogP contribution is -2.47. The summed E-state index contributed by atoms with van der Waals surface area (Å²) in [5.41, 5.74) is 1.01. The summed E-state index contributed by atoms with van der Waals surface area (Å²) in [5, 5.41) is 17.1. The predicted octanol–water partition coefficient (Wildman–Crippen LogP) is 3.10. The number of non-ortho nitro benzene ring substituents is 1. The third-order valence-corrected chi connectivity index (χ3v) is 5.48. The van der Waals surface area contributed by atoms with Crippen molar-refractivity contribution in [2.75, 3.05) is 31.6 Å². The van der Waals surface area contributed by atoms with E-state index in [1.165, 1.54) is 12.1 Å². The highest BCUT2D eigenvalue weighted by Crippen LogP contribution is 2.24. The molecule has 2 aromatic rings. The van der Waals surface area contributed by atoms with Crippen LogP contribution in [-0.4, -0.2) is 60.1 Å². The van der Waals surface area contributed by atoms with E-state index in [2.05, 4.69) is 10.6 Å². The standard InChI is InChI=1S/C24H28N4O7/c1-2-34-24(31)27-12-10-18(11-13-27)26-22(29)16-35-23(30)20-14-19(28(32)33)8-9-21(20)25-15-17-6-4-3-5-7-17/h3-9,14,18,25H,2,10-13,15-16H2,1H3,(H,26,29). The van der Waals surface area contributed by atoms with Gasteiger partial charge in [-0.25, -0.2) is 9.59 Å². The van der Waals surface area contributed by atoms with Gasteiger partial charge in [-0.1, -0.05) is 30.3 Å². The van der Waals surface area contributed by atoms with Crippen LogP contribution in [0, 0.1) is 10.1 Å². The molecule has 3 rings (SSSR count). The summed E-state index contributed by atoms with van der Waals surface area (Å²) >= 11 is 0. The van der Waals surface area contributed by atoms with Gasteiger partial charge < -0.3 is 25.0 Å². The third kappa shape index (κ3) is 7.42. The number of anilines is 1. The van der Waals surface area contributed by atoms with Gasteiger partial charge in [0.05, 0.1) is 17.1 Å². The number of esters is 1. The molecule has 1 aliphatic heterocycles. The fourth-order valence-corrected chi connectivity index (χ4v) is 3.66. The van der Waals surface area contributed by atoms with Crippen LogP contribution in [0.5, 0.6) is 0 Å². The molecule has 11 nitrogen and oxygen atoms in total. The van der Waals surface area contributed by atoms with Crippen LogP contribution in [0.2, 0.25) is 0 Å². The van der Waals surface area contributed by atoms with Crippen LogP contribution >= 0.6 is 0 Å². The van der Waals surface area contributed by atoms with Crippen molar-refractivity contribution in [3.05, 3.63) is 69.8 Å². The molecule has 2 N–H and O–H groups in total. The smallest absolute Gasteiger partial charge is 0.409 e. The molecule has 0 spiro atoms. The number of amides is 2. The maximum absolute atomic E-state index is 12.7. The van der Waals surface area contributed by atoms with Crippen LogP contribution < -0.4 is 10.6 Å². The molecule has 11 heteroatoms. The zero-order valence-electron chi connectivity index (χ0n) is 19.4. The van der Waals surface area contributed by atoms with Gasteiger partial charge in [0.2, 0.25) is 0 Å². The van der Waals surface area contributed by atoms with E-state index < -0.39 is 23.4 Å². The van der Waals surface area contributed by atoms with E-state index >= 15 is 0 Å². The second-order valence-electron chi connectivity index (χ2n) is 7.93. The minimum Gasteiger partial charge on any atom is -0.452 e. The quantitative estimate of drug-likeness (QED) is 0.314. The molecule has 1 aliphatic rings. The van der Waals surface area contributed by atoms with E-state index in [1.807, 2.05) is 30.3 Å². The Morgan fingerprint density at radius 1 is 1.09 bits per heavy atom. The number of carbonyl (C=O) groups is 3. The number of benzene rings is 2. The highest BCUT2D eigenvalue weighted by atomic mass is 16.6. The van der Waals surface area contributed by atoms with Crippen LogP contribution in [-0.2, 0) is 20.8 Å².